The Morgan fingerprint density at radius 1 is 0.773 bits per heavy atom. The maximum atomic E-state index is 10.9. The molecule has 0 N–H and O–H groups in total. The number of carbonyl (C=O) groups excluding carboxylic acids is 1. The molecule has 0 aliphatic rings. The molecule has 0 radical (unpaired) electrons. The van der Waals surface area contributed by atoms with Crippen LogP contribution in [0, 0.1) is 5.92 Å². The fourth-order valence-corrected chi connectivity index (χ4v) is 2.98. The van der Waals surface area contributed by atoms with E-state index in [2.05, 4.69) is 18.6 Å². The quantitative estimate of drug-likeness (QED) is 0.235. The van der Waals surface area contributed by atoms with Crippen LogP contribution in [0.25, 0.3) is 0 Å². The monoisotopic (exact) mass is 312 g/mol. The van der Waals surface area contributed by atoms with Crippen molar-refractivity contribution in [2.45, 2.75) is 110 Å². The van der Waals surface area contributed by atoms with E-state index in [0.717, 1.165) is 12.3 Å². The van der Waals surface area contributed by atoms with Gasteiger partial charge in [-0.2, -0.15) is 0 Å². The predicted octanol–water partition coefficient (Wildman–Crippen LogP) is 6.67. The lowest BCUT2D eigenvalue weighted by molar-refractivity contribution is -0.140. The molecule has 1 atom stereocenters. The van der Waals surface area contributed by atoms with Crippen LogP contribution in [0.5, 0.6) is 0 Å². The molecule has 0 fully saturated rings. The second-order valence-corrected chi connectivity index (χ2v) is 6.90. The Morgan fingerprint density at radius 3 is 1.73 bits per heavy atom. The van der Waals surface area contributed by atoms with E-state index in [1.807, 2.05) is 0 Å². The van der Waals surface area contributed by atoms with E-state index in [1.165, 1.54) is 90.6 Å². The molecule has 0 rings (SSSR count). The van der Waals surface area contributed by atoms with Crippen LogP contribution in [0.15, 0.2) is 0 Å². The smallest absolute Gasteiger partial charge is 0.305 e. The lowest BCUT2D eigenvalue weighted by Crippen LogP contribution is -1.99. The summed E-state index contributed by atoms with van der Waals surface area (Å²) in [6.45, 7) is 4.70. The van der Waals surface area contributed by atoms with Crippen molar-refractivity contribution in [2.75, 3.05) is 7.11 Å². The van der Waals surface area contributed by atoms with Crippen LogP contribution in [-0.2, 0) is 9.53 Å². The minimum atomic E-state index is -0.0657. The highest BCUT2D eigenvalue weighted by atomic mass is 16.5. The second-order valence-electron chi connectivity index (χ2n) is 6.90. The van der Waals surface area contributed by atoms with Crippen molar-refractivity contribution in [2.24, 2.45) is 5.92 Å². The van der Waals surface area contributed by atoms with Crippen molar-refractivity contribution >= 4 is 5.97 Å². The van der Waals surface area contributed by atoms with Crippen LogP contribution >= 0.6 is 0 Å². The van der Waals surface area contributed by atoms with Crippen LogP contribution in [0.4, 0.5) is 0 Å². The molecule has 0 amide bonds. The molecule has 2 heteroatoms. The molecule has 0 aromatic rings. The van der Waals surface area contributed by atoms with E-state index in [-0.39, 0.29) is 5.97 Å². The highest BCUT2D eigenvalue weighted by molar-refractivity contribution is 5.68. The summed E-state index contributed by atoms with van der Waals surface area (Å²) in [6, 6.07) is 0. The number of carbonyl (C=O) groups is 1. The van der Waals surface area contributed by atoms with Crippen LogP contribution in [0.1, 0.15) is 110 Å². The molecular weight excluding hydrogens is 272 g/mol. The number of hydrogen-bond acceptors (Lipinski definition) is 2. The molecule has 0 aliphatic heterocycles. The van der Waals surface area contributed by atoms with Gasteiger partial charge in [0.25, 0.3) is 0 Å². The third-order valence-corrected chi connectivity index (χ3v) is 4.61. The normalized spacial score (nSPS) is 12.3. The Kier molecular flexibility index (Phi) is 16.4. The third kappa shape index (κ3) is 15.9. The summed E-state index contributed by atoms with van der Waals surface area (Å²) in [5.74, 6) is 0.869. The van der Waals surface area contributed by atoms with Gasteiger partial charge < -0.3 is 4.74 Å². The van der Waals surface area contributed by atoms with Gasteiger partial charge in [0.05, 0.1) is 7.11 Å². The summed E-state index contributed by atoms with van der Waals surface area (Å²) in [6.07, 6.45) is 19.4. The predicted molar refractivity (Wildman–Crippen MR) is 96.1 cm³/mol. The largest absolute Gasteiger partial charge is 0.469 e. The first-order chi connectivity index (χ1) is 10.7. The van der Waals surface area contributed by atoms with Crippen LogP contribution in [0.3, 0.4) is 0 Å². The molecule has 1 unspecified atom stereocenters. The highest BCUT2D eigenvalue weighted by Gasteiger charge is 2.01. The van der Waals surface area contributed by atoms with Gasteiger partial charge in [-0.1, -0.05) is 97.3 Å². The number of ether oxygens (including phenoxy) is 1. The lowest BCUT2D eigenvalue weighted by Gasteiger charge is -2.10. The van der Waals surface area contributed by atoms with Gasteiger partial charge in [0, 0.05) is 6.42 Å². The summed E-state index contributed by atoms with van der Waals surface area (Å²) in [5, 5.41) is 0. The first kappa shape index (κ1) is 21.5. The molecular formula is C20H40O2. The fourth-order valence-electron chi connectivity index (χ4n) is 2.98. The minimum absolute atomic E-state index is 0.0657. The summed E-state index contributed by atoms with van der Waals surface area (Å²) in [5.41, 5.74) is 0. The number of rotatable bonds is 16. The molecule has 0 heterocycles. The topological polar surface area (TPSA) is 26.3 Å². The molecule has 0 spiro atoms. The van der Waals surface area contributed by atoms with Crippen molar-refractivity contribution in [3.05, 3.63) is 0 Å². The molecule has 22 heavy (non-hydrogen) atoms. The second kappa shape index (κ2) is 16.8. The minimum Gasteiger partial charge on any atom is -0.469 e. The summed E-state index contributed by atoms with van der Waals surface area (Å²) < 4.78 is 4.64. The van der Waals surface area contributed by atoms with Gasteiger partial charge in [-0.15, -0.1) is 0 Å². The van der Waals surface area contributed by atoms with E-state index in [1.54, 1.807) is 0 Å². The van der Waals surface area contributed by atoms with Gasteiger partial charge >= 0.3 is 5.97 Å². The number of esters is 1. The maximum absolute atomic E-state index is 10.9. The molecule has 0 aromatic heterocycles. The Bertz CT molecular complexity index is 238. The van der Waals surface area contributed by atoms with Crippen molar-refractivity contribution in [1.82, 2.24) is 0 Å². The molecule has 2 nitrogen and oxygen atoms in total. The average molecular weight is 313 g/mol. The average Bonchev–Trinajstić information content (AvgIpc) is 2.53. The summed E-state index contributed by atoms with van der Waals surface area (Å²) >= 11 is 0. The van der Waals surface area contributed by atoms with Crippen molar-refractivity contribution < 1.29 is 9.53 Å². The Labute approximate surface area is 139 Å². The summed E-state index contributed by atoms with van der Waals surface area (Å²) in [4.78, 5) is 10.9. The third-order valence-electron chi connectivity index (χ3n) is 4.61. The molecule has 0 aromatic carbocycles. The molecule has 0 bridgehead atoms. The van der Waals surface area contributed by atoms with Crippen LogP contribution in [-0.4, -0.2) is 13.1 Å². The van der Waals surface area contributed by atoms with Crippen LogP contribution < -0.4 is 0 Å². The Morgan fingerprint density at radius 2 is 1.23 bits per heavy atom. The zero-order valence-corrected chi connectivity index (χ0v) is 15.5. The summed E-state index contributed by atoms with van der Waals surface area (Å²) in [7, 11) is 1.47. The van der Waals surface area contributed by atoms with Gasteiger partial charge in [0.15, 0.2) is 0 Å². The number of unbranched alkanes of at least 4 members (excludes halogenated alkanes) is 10. The van der Waals surface area contributed by atoms with Gasteiger partial charge in [-0.3, -0.25) is 4.79 Å². The van der Waals surface area contributed by atoms with Gasteiger partial charge in [-0.05, 0) is 12.3 Å². The Hall–Kier alpha value is -0.530. The molecule has 0 saturated carbocycles. The lowest BCUT2D eigenvalue weighted by atomic mass is 9.97. The van der Waals surface area contributed by atoms with E-state index in [9.17, 15) is 4.79 Å². The van der Waals surface area contributed by atoms with Gasteiger partial charge in [0.2, 0.25) is 0 Å². The molecule has 0 saturated heterocycles. The maximum Gasteiger partial charge on any atom is 0.305 e. The van der Waals surface area contributed by atoms with Crippen molar-refractivity contribution in [1.29, 1.82) is 0 Å². The number of hydrogen-bond donors (Lipinski definition) is 0. The molecule has 132 valence electrons. The highest BCUT2D eigenvalue weighted by Crippen LogP contribution is 2.17. The van der Waals surface area contributed by atoms with Crippen molar-refractivity contribution in [3.8, 4) is 0 Å². The standard InChI is InChI=1S/C20H40O2/c1-4-5-16-19(2)17-14-12-10-8-6-7-9-11-13-15-18-20(21)22-3/h19H,4-18H2,1-3H3. The molecule has 0 aliphatic carbocycles. The van der Waals surface area contributed by atoms with Gasteiger partial charge in [-0.25, -0.2) is 0 Å². The zero-order chi connectivity index (χ0) is 16.5. The SMILES string of the molecule is CCCCC(C)CCCCCCCCCCCCC(=O)OC. The first-order valence-corrected chi connectivity index (χ1v) is 9.77. The van der Waals surface area contributed by atoms with E-state index >= 15 is 0 Å². The van der Waals surface area contributed by atoms with E-state index in [4.69, 9.17) is 0 Å². The first-order valence-electron chi connectivity index (χ1n) is 9.77. The number of methoxy groups -OCH3 is 1. The van der Waals surface area contributed by atoms with E-state index in [0.29, 0.717) is 6.42 Å². The zero-order valence-electron chi connectivity index (χ0n) is 15.5. The van der Waals surface area contributed by atoms with Crippen LogP contribution in [0.2, 0.25) is 0 Å². The van der Waals surface area contributed by atoms with Gasteiger partial charge in [0.1, 0.15) is 0 Å². The fraction of sp³-hybridized carbons (Fsp3) is 0.950. The Balaban J connectivity index is 3.10. The van der Waals surface area contributed by atoms with E-state index < -0.39 is 0 Å². The van der Waals surface area contributed by atoms with Crippen molar-refractivity contribution in [3.63, 3.8) is 0 Å².